The summed E-state index contributed by atoms with van der Waals surface area (Å²) in [5, 5.41) is 5.09. The fourth-order valence-corrected chi connectivity index (χ4v) is 12.7. The SMILES string of the molecule is c1ccc(-n2c3ccccc3c3cc(-n4c5ccccc5c5cc(N6c7ccccc7C7(c8ccccc86)C6C[C@H]8C[C@@H](C6)C[C@@H]7C8)ccc54)ccc32)cc1. The Morgan fingerprint density at radius 2 is 0.818 bits per heavy atom. The van der Waals surface area contributed by atoms with Crippen LogP contribution < -0.4 is 4.90 Å². The number of hydrogen-bond donors (Lipinski definition) is 0. The van der Waals surface area contributed by atoms with Crippen LogP contribution in [-0.2, 0) is 5.41 Å². The number of anilines is 3. The third-order valence-corrected chi connectivity index (χ3v) is 14.5. The molecule has 1 aliphatic heterocycles. The fourth-order valence-electron chi connectivity index (χ4n) is 12.7. The van der Waals surface area contributed by atoms with E-state index >= 15 is 0 Å². The zero-order chi connectivity index (χ0) is 35.8. The Bertz CT molecular complexity index is 2940. The Hall–Kier alpha value is -6.06. The van der Waals surface area contributed by atoms with Crippen LogP contribution in [0.1, 0.15) is 43.2 Å². The number of rotatable bonds is 3. The number of para-hydroxylation sites is 5. The second-order valence-corrected chi connectivity index (χ2v) is 17.0. The van der Waals surface area contributed by atoms with Crippen LogP contribution in [0.3, 0.4) is 0 Å². The van der Waals surface area contributed by atoms with Crippen molar-refractivity contribution < 1.29 is 0 Å². The quantitative estimate of drug-likeness (QED) is 0.178. The van der Waals surface area contributed by atoms with E-state index in [4.69, 9.17) is 0 Å². The van der Waals surface area contributed by atoms with Crippen molar-refractivity contribution in [3.63, 3.8) is 0 Å². The van der Waals surface area contributed by atoms with Crippen molar-refractivity contribution >= 4 is 60.7 Å². The predicted molar refractivity (Wildman–Crippen MR) is 228 cm³/mol. The minimum Gasteiger partial charge on any atom is -0.310 e. The molecule has 4 saturated carbocycles. The lowest BCUT2D eigenvalue weighted by Gasteiger charge is -2.64. The van der Waals surface area contributed by atoms with E-state index in [2.05, 4.69) is 178 Å². The highest BCUT2D eigenvalue weighted by atomic mass is 15.2. The maximum atomic E-state index is 2.59. The van der Waals surface area contributed by atoms with Crippen LogP contribution in [-0.4, -0.2) is 9.13 Å². The number of aromatic nitrogens is 2. The summed E-state index contributed by atoms with van der Waals surface area (Å²) < 4.78 is 4.87. The van der Waals surface area contributed by atoms with Gasteiger partial charge in [0.05, 0.1) is 33.4 Å². The Morgan fingerprint density at radius 1 is 0.364 bits per heavy atom. The smallest absolute Gasteiger partial charge is 0.0542 e. The van der Waals surface area contributed by atoms with E-state index in [1.165, 1.54) is 104 Å². The molecular weight excluding hydrogens is 667 g/mol. The molecule has 0 N–H and O–H groups in total. The van der Waals surface area contributed by atoms with Crippen LogP contribution in [0.4, 0.5) is 17.1 Å². The minimum absolute atomic E-state index is 0.111. The molecule has 5 aliphatic rings. The molecule has 3 heteroatoms. The van der Waals surface area contributed by atoms with Crippen LogP contribution in [0.5, 0.6) is 0 Å². The molecular formula is C52H41N3. The molecule has 4 bridgehead atoms. The third kappa shape index (κ3) is 3.96. The Morgan fingerprint density at radius 3 is 1.42 bits per heavy atom. The maximum absolute atomic E-state index is 2.59. The second kappa shape index (κ2) is 11.0. The molecule has 14 rings (SSSR count). The van der Waals surface area contributed by atoms with Gasteiger partial charge in [-0.2, -0.15) is 0 Å². The van der Waals surface area contributed by atoms with E-state index < -0.39 is 0 Å². The molecule has 0 amide bonds. The van der Waals surface area contributed by atoms with Crippen LogP contribution in [0.15, 0.2) is 164 Å². The zero-order valence-electron chi connectivity index (χ0n) is 30.8. The Labute approximate surface area is 321 Å². The van der Waals surface area contributed by atoms with Gasteiger partial charge in [0.25, 0.3) is 0 Å². The average Bonchev–Trinajstić information content (AvgIpc) is 3.74. The van der Waals surface area contributed by atoms with Crippen molar-refractivity contribution in [1.82, 2.24) is 9.13 Å². The topological polar surface area (TPSA) is 13.1 Å². The van der Waals surface area contributed by atoms with Crippen molar-refractivity contribution in [3.8, 4) is 11.4 Å². The van der Waals surface area contributed by atoms with Gasteiger partial charge in [-0.05, 0) is 140 Å². The molecule has 264 valence electrons. The van der Waals surface area contributed by atoms with Gasteiger partial charge >= 0.3 is 0 Å². The van der Waals surface area contributed by atoms with E-state index in [1.54, 1.807) is 11.1 Å². The molecule has 2 aromatic heterocycles. The first kappa shape index (κ1) is 30.3. The molecule has 0 saturated heterocycles. The van der Waals surface area contributed by atoms with E-state index in [0.717, 1.165) is 23.7 Å². The molecule has 0 radical (unpaired) electrons. The Kier molecular flexibility index (Phi) is 6.06. The van der Waals surface area contributed by atoms with E-state index in [1.807, 2.05) is 0 Å². The second-order valence-electron chi connectivity index (χ2n) is 17.0. The van der Waals surface area contributed by atoms with Gasteiger partial charge in [0.1, 0.15) is 0 Å². The lowest BCUT2D eigenvalue weighted by molar-refractivity contribution is -0.0419. The summed E-state index contributed by atoms with van der Waals surface area (Å²) in [6.07, 6.45) is 7.02. The molecule has 4 aliphatic carbocycles. The molecule has 55 heavy (non-hydrogen) atoms. The summed E-state index contributed by atoms with van der Waals surface area (Å²) in [4.78, 5) is 2.59. The predicted octanol–water partition coefficient (Wildman–Crippen LogP) is 13.4. The standard InChI is InChI=1S/C52H41N3/c1-2-12-37(13-3-1)53-46-18-8-4-14-40(46)42-31-38(22-24-48(42)53)54-47-19-9-5-15-41(47)43-32-39(23-25-49(43)54)55-50-20-10-6-16-44(50)52(45-17-7-11-21-51(45)55)35-27-33-26-34(29-35)30-36(52)28-33/h1-25,31-36H,26-30H2/t33-,34+,35-,36?. The molecule has 0 atom stereocenters. The fraction of sp³-hybridized carbons (Fsp3) is 0.192. The molecule has 9 aromatic rings. The van der Waals surface area contributed by atoms with Gasteiger partial charge in [0, 0.05) is 44.0 Å². The van der Waals surface area contributed by atoms with Crippen molar-refractivity contribution in [1.29, 1.82) is 0 Å². The summed E-state index contributed by atoms with van der Waals surface area (Å²) in [6, 6.07) is 61.7. The molecule has 0 unspecified atom stereocenters. The number of fused-ring (bicyclic) bond motifs is 8. The summed E-state index contributed by atoms with van der Waals surface area (Å²) in [6.45, 7) is 0. The zero-order valence-corrected chi connectivity index (χ0v) is 30.8. The molecule has 3 nitrogen and oxygen atoms in total. The van der Waals surface area contributed by atoms with Crippen molar-refractivity contribution in [3.05, 3.63) is 175 Å². The van der Waals surface area contributed by atoms with Gasteiger partial charge in [-0.15, -0.1) is 0 Å². The van der Waals surface area contributed by atoms with E-state index in [9.17, 15) is 0 Å². The highest BCUT2D eigenvalue weighted by Gasteiger charge is 2.61. The van der Waals surface area contributed by atoms with Gasteiger partial charge in [-0.1, -0.05) is 91.0 Å². The lowest BCUT2D eigenvalue weighted by Crippen LogP contribution is -2.57. The number of nitrogens with zero attached hydrogens (tertiary/aromatic N) is 3. The monoisotopic (exact) mass is 707 g/mol. The van der Waals surface area contributed by atoms with Crippen LogP contribution in [0, 0.1) is 23.7 Å². The first-order chi connectivity index (χ1) is 27.3. The van der Waals surface area contributed by atoms with Crippen molar-refractivity contribution in [2.45, 2.75) is 37.5 Å². The lowest BCUT2D eigenvalue weighted by atomic mass is 9.41. The third-order valence-electron chi connectivity index (χ3n) is 14.5. The van der Waals surface area contributed by atoms with Crippen molar-refractivity contribution in [2.24, 2.45) is 23.7 Å². The summed E-state index contributed by atoms with van der Waals surface area (Å²) in [7, 11) is 0. The highest BCUT2D eigenvalue weighted by Crippen LogP contribution is 2.69. The first-order valence-electron chi connectivity index (χ1n) is 20.4. The molecule has 3 heterocycles. The average molecular weight is 708 g/mol. The van der Waals surface area contributed by atoms with E-state index in [-0.39, 0.29) is 5.41 Å². The summed E-state index contributed by atoms with van der Waals surface area (Å²) in [5.74, 6) is 3.31. The van der Waals surface area contributed by atoms with Gasteiger partial charge in [0.15, 0.2) is 0 Å². The normalized spacial score (nSPS) is 21.9. The van der Waals surface area contributed by atoms with E-state index in [0.29, 0.717) is 0 Å². The molecule has 4 fully saturated rings. The Balaban J connectivity index is 1.01. The largest absolute Gasteiger partial charge is 0.310 e. The molecule has 7 aromatic carbocycles. The summed E-state index contributed by atoms with van der Waals surface area (Å²) >= 11 is 0. The first-order valence-corrected chi connectivity index (χ1v) is 20.4. The maximum Gasteiger partial charge on any atom is 0.0542 e. The number of hydrogen-bond acceptors (Lipinski definition) is 1. The van der Waals surface area contributed by atoms with Gasteiger partial charge in [0.2, 0.25) is 0 Å². The molecule has 1 spiro atoms. The van der Waals surface area contributed by atoms with Gasteiger partial charge in [-0.3, -0.25) is 0 Å². The van der Waals surface area contributed by atoms with Gasteiger partial charge < -0.3 is 14.0 Å². The minimum atomic E-state index is 0.111. The summed E-state index contributed by atoms with van der Waals surface area (Å²) in [5.41, 5.74) is 14.5. The van der Waals surface area contributed by atoms with Crippen LogP contribution in [0.2, 0.25) is 0 Å². The highest BCUT2D eigenvalue weighted by molar-refractivity contribution is 6.13. The van der Waals surface area contributed by atoms with Crippen LogP contribution in [0.25, 0.3) is 55.0 Å². The number of benzene rings is 7. The van der Waals surface area contributed by atoms with Gasteiger partial charge in [-0.25, -0.2) is 0 Å². The van der Waals surface area contributed by atoms with Crippen molar-refractivity contribution in [2.75, 3.05) is 4.90 Å². The van der Waals surface area contributed by atoms with Crippen LogP contribution >= 0.6 is 0 Å².